The van der Waals surface area contributed by atoms with Crippen LogP contribution in [0.1, 0.15) is 32.9 Å². The summed E-state index contributed by atoms with van der Waals surface area (Å²) in [6.07, 6.45) is 3.83. The second-order valence-electron chi connectivity index (χ2n) is 4.75. The first kappa shape index (κ1) is 15.1. The lowest BCUT2D eigenvalue weighted by atomic mass is 10.2. The Bertz CT molecular complexity index is 492. The zero-order valence-corrected chi connectivity index (χ0v) is 12.4. The molecule has 5 heteroatoms. The Morgan fingerprint density at radius 1 is 1.61 bits per heavy atom. The number of nitrogens with zero attached hydrogens (tertiary/aromatic N) is 2. The second-order valence-corrected chi connectivity index (χ2v) is 7.09. The summed E-state index contributed by atoms with van der Waals surface area (Å²) in [5, 5.41) is 0.582. The van der Waals surface area contributed by atoms with Crippen molar-refractivity contribution in [2.45, 2.75) is 31.9 Å². The topological polar surface area (TPSA) is 42.3 Å². The normalized spacial score (nSPS) is 14.3. The molecule has 0 aliphatic heterocycles. The Balaban J connectivity index is 3.14. The Labute approximate surface area is 116 Å². The maximum atomic E-state index is 12.0. The number of rotatable bonds is 4. The summed E-state index contributed by atoms with van der Waals surface area (Å²) in [5.74, 6) is 0. The van der Waals surface area contributed by atoms with Crippen LogP contribution in [0, 0.1) is 0 Å². The monoisotopic (exact) mass is 284 g/mol. The van der Waals surface area contributed by atoms with Gasteiger partial charge >= 0.3 is 0 Å². The highest BCUT2D eigenvalue weighted by Gasteiger charge is 2.20. The van der Waals surface area contributed by atoms with E-state index in [1.807, 2.05) is 20.8 Å². The Kier molecular flexibility index (Phi) is 5.23. The van der Waals surface area contributed by atoms with Crippen molar-refractivity contribution in [3.05, 3.63) is 41.7 Å². The van der Waals surface area contributed by atoms with Crippen molar-refractivity contribution in [2.24, 2.45) is 4.40 Å². The van der Waals surface area contributed by atoms with E-state index in [-0.39, 0.29) is 0 Å². The quantitative estimate of drug-likeness (QED) is 0.627. The molecule has 1 atom stereocenters. The largest absolute Gasteiger partial charge is 0.255 e. The van der Waals surface area contributed by atoms with Gasteiger partial charge in [-0.3, -0.25) is 4.98 Å². The van der Waals surface area contributed by atoms with E-state index in [0.29, 0.717) is 22.8 Å². The molecular weight excluding hydrogens is 268 g/mol. The number of halogens is 1. The van der Waals surface area contributed by atoms with Crippen LogP contribution in [0.15, 0.2) is 35.4 Å². The van der Waals surface area contributed by atoms with E-state index in [0.717, 1.165) is 0 Å². The second kappa shape index (κ2) is 6.25. The Hall–Kier alpha value is -1.00. The van der Waals surface area contributed by atoms with Crippen molar-refractivity contribution in [3.63, 3.8) is 0 Å². The molecule has 3 nitrogen and oxygen atoms in total. The Morgan fingerprint density at radius 2 is 2.28 bits per heavy atom. The molecule has 0 amide bonds. The number of hydrogen-bond acceptors (Lipinski definition) is 2. The molecule has 0 bridgehead atoms. The molecule has 1 rings (SSSR count). The van der Waals surface area contributed by atoms with Gasteiger partial charge in [-0.25, -0.2) is 4.21 Å². The summed E-state index contributed by atoms with van der Waals surface area (Å²) in [5.41, 5.74) is 1.28. The molecular formula is C13H17ClN2OS. The van der Waals surface area contributed by atoms with Crippen LogP contribution in [0.5, 0.6) is 0 Å². The first-order chi connectivity index (χ1) is 8.34. The first-order valence-corrected chi connectivity index (χ1v) is 7.05. The molecule has 0 radical (unpaired) electrons. The zero-order chi connectivity index (χ0) is 13.8. The van der Waals surface area contributed by atoms with E-state index >= 15 is 0 Å². The standard InChI is InChI=1S/C13H17ClN2OS/c1-5-6-11(16-18(17)13(2,3)4)12-9-10(14)7-8-15-12/h5,7-9H,1,6H2,2-4H3/b16-11+/t18-/m0/s1. The predicted octanol–water partition coefficient (Wildman–Crippen LogP) is 3.56. The minimum absolute atomic E-state index is 0.398. The van der Waals surface area contributed by atoms with E-state index in [1.54, 1.807) is 24.4 Å². The highest BCUT2D eigenvalue weighted by Crippen LogP contribution is 2.16. The van der Waals surface area contributed by atoms with Gasteiger partial charge in [-0.2, -0.15) is 4.40 Å². The molecule has 0 fully saturated rings. The summed E-state index contributed by atoms with van der Waals surface area (Å²) in [4.78, 5) is 4.20. The van der Waals surface area contributed by atoms with Crippen LogP contribution in [0.25, 0.3) is 0 Å². The molecule has 18 heavy (non-hydrogen) atoms. The average molecular weight is 285 g/mol. The molecule has 0 aliphatic rings. The average Bonchev–Trinajstić information content (AvgIpc) is 2.27. The van der Waals surface area contributed by atoms with Crippen molar-refractivity contribution in [1.82, 2.24) is 4.98 Å². The lowest BCUT2D eigenvalue weighted by Crippen LogP contribution is -2.21. The van der Waals surface area contributed by atoms with Gasteiger partial charge in [-0.1, -0.05) is 17.7 Å². The third-order valence-electron chi connectivity index (χ3n) is 2.07. The SMILES string of the molecule is C=CC/C(=N\[S@@](=O)C(C)(C)C)c1cc(Cl)ccn1. The van der Waals surface area contributed by atoms with E-state index in [9.17, 15) is 4.21 Å². The number of allylic oxidation sites excluding steroid dienone is 1. The van der Waals surface area contributed by atoms with Gasteiger partial charge in [0.1, 0.15) is 11.0 Å². The van der Waals surface area contributed by atoms with E-state index in [4.69, 9.17) is 11.6 Å². The van der Waals surface area contributed by atoms with Crippen LogP contribution in [-0.2, 0) is 11.0 Å². The van der Waals surface area contributed by atoms with Crippen LogP contribution in [0.4, 0.5) is 0 Å². The van der Waals surface area contributed by atoms with Gasteiger partial charge in [-0.05, 0) is 32.9 Å². The van der Waals surface area contributed by atoms with Crippen molar-refractivity contribution >= 4 is 28.3 Å². The van der Waals surface area contributed by atoms with Gasteiger partial charge in [0.15, 0.2) is 0 Å². The van der Waals surface area contributed by atoms with Gasteiger partial charge < -0.3 is 0 Å². The van der Waals surface area contributed by atoms with Crippen molar-refractivity contribution in [1.29, 1.82) is 0 Å². The number of hydrogen-bond donors (Lipinski definition) is 0. The molecule has 0 saturated heterocycles. The number of aromatic nitrogens is 1. The Morgan fingerprint density at radius 3 is 2.78 bits per heavy atom. The third kappa shape index (κ3) is 4.35. The number of pyridine rings is 1. The van der Waals surface area contributed by atoms with Gasteiger partial charge in [0.05, 0.1) is 16.2 Å². The molecule has 0 unspecified atom stereocenters. The van der Waals surface area contributed by atoms with Crippen LogP contribution in [0.3, 0.4) is 0 Å². The molecule has 0 aliphatic carbocycles. The lowest BCUT2D eigenvalue weighted by Gasteiger charge is -2.14. The molecule has 1 heterocycles. The smallest absolute Gasteiger partial charge is 0.145 e. The fourth-order valence-electron chi connectivity index (χ4n) is 1.12. The summed E-state index contributed by atoms with van der Waals surface area (Å²) >= 11 is 5.92. The minimum atomic E-state index is -1.32. The van der Waals surface area contributed by atoms with E-state index in [1.165, 1.54) is 0 Å². The van der Waals surface area contributed by atoms with Gasteiger partial charge in [0.25, 0.3) is 0 Å². The molecule has 0 aromatic carbocycles. The zero-order valence-electron chi connectivity index (χ0n) is 10.8. The van der Waals surface area contributed by atoms with Gasteiger partial charge in [0.2, 0.25) is 0 Å². The summed E-state index contributed by atoms with van der Waals surface area (Å²) in [6.45, 7) is 9.31. The predicted molar refractivity (Wildman–Crippen MR) is 78.5 cm³/mol. The van der Waals surface area contributed by atoms with E-state index in [2.05, 4.69) is 16.0 Å². The summed E-state index contributed by atoms with van der Waals surface area (Å²) in [6, 6.07) is 3.40. The maximum absolute atomic E-state index is 12.0. The van der Waals surface area contributed by atoms with Crippen LogP contribution in [-0.4, -0.2) is 19.7 Å². The molecule has 1 aromatic rings. The van der Waals surface area contributed by atoms with Crippen molar-refractivity contribution in [2.75, 3.05) is 0 Å². The molecule has 1 aromatic heterocycles. The van der Waals surface area contributed by atoms with E-state index < -0.39 is 15.7 Å². The lowest BCUT2D eigenvalue weighted by molar-refractivity contribution is 0.650. The van der Waals surface area contributed by atoms with Crippen LogP contribution < -0.4 is 0 Å². The van der Waals surface area contributed by atoms with Gasteiger partial charge in [0, 0.05) is 17.6 Å². The van der Waals surface area contributed by atoms with Crippen LogP contribution >= 0.6 is 11.6 Å². The fraction of sp³-hybridized carbons (Fsp3) is 0.385. The summed E-state index contributed by atoms with van der Waals surface area (Å²) < 4.78 is 15.9. The third-order valence-corrected chi connectivity index (χ3v) is 3.74. The minimum Gasteiger partial charge on any atom is -0.255 e. The van der Waals surface area contributed by atoms with Gasteiger partial charge in [-0.15, -0.1) is 6.58 Å². The van der Waals surface area contributed by atoms with Crippen LogP contribution in [0.2, 0.25) is 5.02 Å². The highest BCUT2D eigenvalue weighted by molar-refractivity contribution is 7.85. The maximum Gasteiger partial charge on any atom is 0.145 e. The van der Waals surface area contributed by atoms with Crippen molar-refractivity contribution < 1.29 is 4.21 Å². The molecule has 98 valence electrons. The molecule has 0 saturated carbocycles. The first-order valence-electron chi connectivity index (χ1n) is 5.57. The molecule has 0 N–H and O–H groups in total. The van der Waals surface area contributed by atoms with Crippen molar-refractivity contribution in [3.8, 4) is 0 Å². The molecule has 0 spiro atoms. The highest BCUT2D eigenvalue weighted by atomic mass is 35.5. The summed E-state index contributed by atoms with van der Waals surface area (Å²) in [7, 11) is -1.32. The fourth-order valence-corrected chi connectivity index (χ4v) is 1.93.